The SMILES string of the molecule is O=C(c1cnc(-c2ccncn2)[nH]c1=O)N1CCC1CC1CCC1. The first-order valence-electron chi connectivity index (χ1n) is 8.39. The minimum atomic E-state index is -0.419. The average molecular weight is 325 g/mol. The number of amides is 1. The molecule has 124 valence electrons. The Morgan fingerprint density at radius 2 is 2.17 bits per heavy atom. The van der Waals surface area contributed by atoms with Crippen LogP contribution in [0, 0.1) is 5.92 Å². The lowest BCUT2D eigenvalue weighted by Gasteiger charge is -2.44. The third-order valence-corrected chi connectivity index (χ3v) is 5.09. The molecule has 2 aromatic rings. The van der Waals surface area contributed by atoms with Crippen molar-refractivity contribution in [2.45, 2.75) is 38.1 Å². The highest BCUT2D eigenvalue weighted by atomic mass is 16.2. The molecule has 7 nitrogen and oxygen atoms in total. The van der Waals surface area contributed by atoms with Crippen molar-refractivity contribution in [3.05, 3.63) is 40.7 Å². The van der Waals surface area contributed by atoms with Crippen LogP contribution in [0.2, 0.25) is 0 Å². The number of rotatable bonds is 4. The summed E-state index contributed by atoms with van der Waals surface area (Å²) in [5, 5.41) is 0. The van der Waals surface area contributed by atoms with E-state index in [1.165, 1.54) is 31.8 Å². The van der Waals surface area contributed by atoms with Crippen LogP contribution in [0.1, 0.15) is 42.5 Å². The number of nitrogens with one attached hydrogen (secondary N) is 1. The molecule has 7 heteroatoms. The van der Waals surface area contributed by atoms with Crippen LogP contribution in [-0.2, 0) is 0 Å². The molecule has 24 heavy (non-hydrogen) atoms. The van der Waals surface area contributed by atoms with Gasteiger partial charge in [-0.05, 0) is 24.8 Å². The average Bonchev–Trinajstić information content (AvgIpc) is 2.53. The van der Waals surface area contributed by atoms with Crippen LogP contribution in [0.5, 0.6) is 0 Å². The van der Waals surface area contributed by atoms with Gasteiger partial charge in [-0.25, -0.2) is 15.0 Å². The molecule has 2 fully saturated rings. The third-order valence-electron chi connectivity index (χ3n) is 5.09. The number of nitrogens with zero attached hydrogens (tertiary/aromatic N) is 4. The zero-order valence-electron chi connectivity index (χ0n) is 13.3. The molecule has 1 aliphatic carbocycles. The van der Waals surface area contributed by atoms with E-state index in [2.05, 4.69) is 19.9 Å². The second-order valence-corrected chi connectivity index (χ2v) is 6.54. The maximum Gasteiger partial charge on any atom is 0.264 e. The molecular formula is C17H19N5O2. The lowest BCUT2D eigenvalue weighted by atomic mass is 9.78. The van der Waals surface area contributed by atoms with Crippen molar-refractivity contribution >= 4 is 5.91 Å². The third kappa shape index (κ3) is 2.70. The molecule has 1 saturated heterocycles. The predicted molar refractivity (Wildman–Crippen MR) is 87.3 cm³/mol. The minimum absolute atomic E-state index is 0.103. The van der Waals surface area contributed by atoms with Crippen molar-refractivity contribution in [2.75, 3.05) is 6.54 Å². The molecule has 0 aromatic carbocycles. The number of aromatic amines is 1. The topological polar surface area (TPSA) is 91.8 Å². The number of hydrogen-bond acceptors (Lipinski definition) is 5. The molecular weight excluding hydrogens is 306 g/mol. The van der Waals surface area contributed by atoms with E-state index in [9.17, 15) is 9.59 Å². The van der Waals surface area contributed by atoms with Gasteiger partial charge in [-0.15, -0.1) is 0 Å². The van der Waals surface area contributed by atoms with Crippen LogP contribution in [0.15, 0.2) is 29.6 Å². The van der Waals surface area contributed by atoms with Gasteiger partial charge in [0.25, 0.3) is 11.5 Å². The van der Waals surface area contributed by atoms with E-state index in [4.69, 9.17) is 0 Å². The van der Waals surface area contributed by atoms with Crippen molar-refractivity contribution in [2.24, 2.45) is 5.92 Å². The quantitative estimate of drug-likeness (QED) is 0.922. The maximum atomic E-state index is 12.6. The molecule has 0 radical (unpaired) electrons. The summed E-state index contributed by atoms with van der Waals surface area (Å²) in [4.78, 5) is 41.5. The Balaban J connectivity index is 1.51. The van der Waals surface area contributed by atoms with Crippen molar-refractivity contribution in [1.82, 2.24) is 24.8 Å². The number of aromatic nitrogens is 4. The predicted octanol–water partition coefficient (Wildman–Crippen LogP) is 1.63. The highest BCUT2D eigenvalue weighted by Gasteiger charge is 2.36. The van der Waals surface area contributed by atoms with E-state index >= 15 is 0 Å². The Morgan fingerprint density at radius 3 is 2.75 bits per heavy atom. The Kier molecular flexibility index (Phi) is 3.84. The molecule has 1 unspecified atom stereocenters. The number of carbonyl (C=O) groups excluding carboxylic acids is 1. The summed E-state index contributed by atoms with van der Waals surface area (Å²) in [6.45, 7) is 0.726. The number of likely N-dealkylation sites (tertiary alicyclic amines) is 1. The maximum absolute atomic E-state index is 12.6. The molecule has 3 heterocycles. The number of carbonyl (C=O) groups is 1. The smallest absolute Gasteiger partial charge is 0.264 e. The largest absolute Gasteiger partial charge is 0.335 e. The summed E-state index contributed by atoms with van der Waals surface area (Å²) in [5.74, 6) is 0.879. The van der Waals surface area contributed by atoms with Crippen LogP contribution in [0.25, 0.3) is 11.5 Å². The highest BCUT2D eigenvalue weighted by molar-refractivity contribution is 5.94. The van der Waals surface area contributed by atoms with Crippen LogP contribution < -0.4 is 5.56 Å². The monoisotopic (exact) mass is 325 g/mol. The van der Waals surface area contributed by atoms with E-state index in [1.807, 2.05) is 4.90 Å². The van der Waals surface area contributed by atoms with Crippen LogP contribution in [0.4, 0.5) is 0 Å². The van der Waals surface area contributed by atoms with Crippen molar-refractivity contribution in [1.29, 1.82) is 0 Å². The van der Waals surface area contributed by atoms with E-state index in [0.717, 1.165) is 25.3 Å². The van der Waals surface area contributed by atoms with Crippen molar-refractivity contribution < 1.29 is 4.79 Å². The van der Waals surface area contributed by atoms with Gasteiger partial charge in [0.15, 0.2) is 5.82 Å². The summed E-state index contributed by atoms with van der Waals surface area (Å²) in [6.07, 6.45) is 10.3. The fraction of sp³-hybridized carbons (Fsp3) is 0.471. The van der Waals surface area contributed by atoms with E-state index in [0.29, 0.717) is 11.5 Å². The lowest BCUT2D eigenvalue weighted by Crippen LogP contribution is -2.53. The molecule has 1 atom stereocenters. The first kappa shape index (κ1) is 15.0. The Hall–Kier alpha value is -2.57. The first-order chi connectivity index (χ1) is 11.7. The number of hydrogen-bond donors (Lipinski definition) is 1. The summed E-state index contributed by atoms with van der Waals surface area (Å²) < 4.78 is 0. The van der Waals surface area contributed by atoms with Gasteiger partial charge >= 0.3 is 0 Å². The zero-order chi connectivity index (χ0) is 16.5. The minimum Gasteiger partial charge on any atom is -0.335 e. The standard InChI is InChI=1S/C17H19N5O2/c23-16-13(9-19-15(21-16)14-4-6-18-10-20-14)17(24)22-7-5-12(22)8-11-2-1-3-11/h4,6,9-12H,1-3,5,7-8H2,(H,19,21,23). The summed E-state index contributed by atoms with van der Waals surface area (Å²) in [7, 11) is 0. The second kappa shape index (κ2) is 6.14. The summed E-state index contributed by atoms with van der Waals surface area (Å²) in [6, 6.07) is 1.94. The molecule has 0 spiro atoms. The fourth-order valence-corrected chi connectivity index (χ4v) is 3.33. The zero-order valence-corrected chi connectivity index (χ0v) is 13.3. The van der Waals surface area contributed by atoms with Crippen molar-refractivity contribution in [3.8, 4) is 11.5 Å². The van der Waals surface area contributed by atoms with E-state index in [-0.39, 0.29) is 17.5 Å². The Morgan fingerprint density at radius 1 is 1.29 bits per heavy atom. The summed E-state index contributed by atoms with van der Waals surface area (Å²) >= 11 is 0. The van der Waals surface area contributed by atoms with Crippen LogP contribution >= 0.6 is 0 Å². The van der Waals surface area contributed by atoms with Gasteiger partial charge in [-0.3, -0.25) is 9.59 Å². The molecule has 2 aromatic heterocycles. The van der Waals surface area contributed by atoms with Gasteiger partial charge in [0.1, 0.15) is 17.6 Å². The van der Waals surface area contributed by atoms with Gasteiger partial charge in [0.2, 0.25) is 0 Å². The molecule has 0 bridgehead atoms. The lowest BCUT2D eigenvalue weighted by molar-refractivity contribution is 0.0360. The Labute approximate surface area is 139 Å². The van der Waals surface area contributed by atoms with E-state index < -0.39 is 5.56 Å². The van der Waals surface area contributed by atoms with Gasteiger partial charge in [0, 0.05) is 25.0 Å². The van der Waals surface area contributed by atoms with Gasteiger partial charge in [0.05, 0.1) is 0 Å². The molecule has 1 N–H and O–H groups in total. The molecule has 1 saturated carbocycles. The second-order valence-electron chi connectivity index (χ2n) is 6.54. The van der Waals surface area contributed by atoms with Gasteiger partial charge < -0.3 is 9.88 Å². The van der Waals surface area contributed by atoms with Crippen LogP contribution in [-0.4, -0.2) is 43.3 Å². The van der Waals surface area contributed by atoms with Crippen molar-refractivity contribution in [3.63, 3.8) is 0 Å². The Bertz CT molecular complexity index is 800. The fourth-order valence-electron chi connectivity index (χ4n) is 3.33. The number of H-pyrrole nitrogens is 1. The van der Waals surface area contributed by atoms with Crippen LogP contribution in [0.3, 0.4) is 0 Å². The molecule has 2 aliphatic rings. The highest BCUT2D eigenvalue weighted by Crippen LogP contribution is 2.35. The van der Waals surface area contributed by atoms with E-state index in [1.54, 1.807) is 12.3 Å². The molecule has 4 rings (SSSR count). The first-order valence-corrected chi connectivity index (χ1v) is 8.39. The summed E-state index contributed by atoms with van der Waals surface area (Å²) in [5.41, 5.74) is 0.205. The van der Waals surface area contributed by atoms with Gasteiger partial charge in [-0.1, -0.05) is 19.3 Å². The molecule has 1 amide bonds. The van der Waals surface area contributed by atoms with Gasteiger partial charge in [-0.2, -0.15) is 0 Å². The normalized spacial score (nSPS) is 20.3. The molecule has 1 aliphatic heterocycles.